The fourth-order valence-electron chi connectivity index (χ4n) is 2.15. The highest BCUT2D eigenvalue weighted by Crippen LogP contribution is 2.21. The number of amides is 1. The molecule has 7 heteroatoms. The number of rotatable bonds is 6. The van der Waals surface area contributed by atoms with E-state index in [9.17, 15) is 9.59 Å². The molecule has 0 bridgehead atoms. The largest absolute Gasteiger partial charge is 0.466 e. The zero-order chi connectivity index (χ0) is 17.7. The molecular weight excluding hydrogens is 353 g/mol. The fourth-order valence-corrected chi connectivity index (χ4v) is 2.66. The first-order valence-corrected chi connectivity index (χ1v) is 8.07. The lowest BCUT2D eigenvalue weighted by Crippen LogP contribution is -2.30. The molecule has 1 aromatic carbocycles. The predicted octanol–water partition coefficient (Wildman–Crippen LogP) is 3.72. The van der Waals surface area contributed by atoms with Gasteiger partial charge in [-0.05, 0) is 44.0 Å². The van der Waals surface area contributed by atoms with Crippen LogP contribution in [0.1, 0.15) is 27.4 Å². The minimum Gasteiger partial charge on any atom is -0.466 e. The van der Waals surface area contributed by atoms with Gasteiger partial charge in [0.1, 0.15) is 17.1 Å². The normalized spacial score (nSPS) is 10.5. The molecular formula is C17H17Cl2NO4. The van der Waals surface area contributed by atoms with E-state index < -0.39 is 5.97 Å². The van der Waals surface area contributed by atoms with Crippen molar-refractivity contribution in [3.8, 4) is 0 Å². The number of benzene rings is 1. The van der Waals surface area contributed by atoms with E-state index in [-0.39, 0.29) is 12.5 Å². The lowest BCUT2D eigenvalue weighted by Gasteiger charge is -2.07. The van der Waals surface area contributed by atoms with Crippen LogP contribution < -0.4 is 5.32 Å². The summed E-state index contributed by atoms with van der Waals surface area (Å²) < 4.78 is 10.2. The summed E-state index contributed by atoms with van der Waals surface area (Å²) in [4.78, 5) is 23.6. The van der Waals surface area contributed by atoms with E-state index in [1.54, 1.807) is 38.1 Å². The van der Waals surface area contributed by atoms with Crippen LogP contribution in [0.5, 0.6) is 0 Å². The Bertz CT molecular complexity index is 755. The molecule has 0 fully saturated rings. The number of ether oxygens (including phenoxy) is 1. The lowest BCUT2D eigenvalue weighted by atomic mass is 10.1. The van der Waals surface area contributed by atoms with Crippen LogP contribution in [0.15, 0.2) is 28.7 Å². The average Bonchev–Trinajstić information content (AvgIpc) is 2.86. The van der Waals surface area contributed by atoms with Gasteiger partial charge in [-0.2, -0.15) is 0 Å². The van der Waals surface area contributed by atoms with Gasteiger partial charge in [0.15, 0.2) is 6.61 Å². The van der Waals surface area contributed by atoms with Crippen LogP contribution in [-0.4, -0.2) is 25.0 Å². The van der Waals surface area contributed by atoms with E-state index >= 15 is 0 Å². The third-order valence-electron chi connectivity index (χ3n) is 3.33. The van der Waals surface area contributed by atoms with Gasteiger partial charge in [-0.15, -0.1) is 0 Å². The number of carbonyl (C=O) groups excluding carboxylic acids is 2. The van der Waals surface area contributed by atoms with Gasteiger partial charge in [0.2, 0.25) is 0 Å². The Kier molecular flexibility index (Phi) is 6.29. The number of carbonyl (C=O) groups is 2. The van der Waals surface area contributed by atoms with Crippen molar-refractivity contribution in [2.24, 2.45) is 0 Å². The molecule has 0 radical (unpaired) electrons. The molecule has 0 saturated carbocycles. The Labute approximate surface area is 149 Å². The van der Waals surface area contributed by atoms with Crippen LogP contribution in [0.3, 0.4) is 0 Å². The first-order valence-electron chi connectivity index (χ1n) is 7.31. The Morgan fingerprint density at radius 3 is 2.58 bits per heavy atom. The summed E-state index contributed by atoms with van der Waals surface area (Å²) in [6, 6.07) is 6.78. The minimum atomic E-state index is -0.583. The summed E-state index contributed by atoms with van der Waals surface area (Å²) in [6.45, 7) is 3.43. The number of halogens is 2. The van der Waals surface area contributed by atoms with Crippen molar-refractivity contribution in [3.63, 3.8) is 0 Å². The Balaban J connectivity index is 1.75. The van der Waals surface area contributed by atoms with E-state index in [0.717, 1.165) is 5.56 Å². The van der Waals surface area contributed by atoms with Gasteiger partial charge in [0.05, 0.1) is 0 Å². The zero-order valence-electron chi connectivity index (χ0n) is 13.3. The van der Waals surface area contributed by atoms with Gasteiger partial charge in [0, 0.05) is 16.6 Å². The van der Waals surface area contributed by atoms with E-state index in [0.29, 0.717) is 40.1 Å². The molecule has 5 nitrogen and oxygen atoms in total. The highest BCUT2D eigenvalue weighted by molar-refractivity contribution is 6.35. The summed E-state index contributed by atoms with van der Waals surface area (Å²) in [5.41, 5.74) is 1.20. The van der Waals surface area contributed by atoms with Gasteiger partial charge >= 0.3 is 5.97 Å². The SMILES string of the molecule is Cc1cc(C(=O)OCC(=O)NCCc2ccc(Cl)cc2Cl)c(C)o1. The molecule has 1 aromatic heterocycles. The molecule has 0 unspecified atom stereocenters. The highest BCUT2D eigenvalue weighted by atomic mass is 35.5. The molecule has 1 heterocycles. The summed E-state index contributed by atoms with van der Waals surface area (Å²) in [7, 11) is 0. The zero-order valence-corrected chi connectivity index (χ0v) is 14.8. The molecule has 24 heavy (non-hydrogen) atoms. The molecule has 2 aromatic rings. The number of hydrogen-bond donors (Lipinski definition) is 1. The van der Waals surface area contributed by atoms with Gasteiger partial charge in [-0.25, -0.2) is 4.79 Å². The molecule has 1 N–H and O–H groups in total. The summed E-state index contributed by atoms with van der Waals surface area (Å²) >= 11 is 11.9. The van der Waals surface area contributed by atoms with Gasteiger partial charge in [-0.3, -0.25) is 4.79 Å². The van der Waals surface area contributed by atoms with E-state index in [4.69, 9.17) is 32.4 Å². The van der Waals surface area contributed by atoms with Crippen molar-refractivity contribution in [3.05, 3.63) is 57.0 Å². The molecule has 0 aliphatic rings. The van der Waals surface area contributed by atoms with Crippen LogP contribution in [-0.2, 0) is 16.0 Å². The van der Waals surface area contributed by atoms with Crippen molar-refractivity contribution in [2.45, 2.75) is 20.3 Å². The van der Waals surface area contributed by atoms with Gasteiger partial charge in [0.25, 0.3) is 5.91 Å². The third-order valence-corrected chi connectivity index (χ3v) is 3.91. The standard InChI is InChI=1S/C17H17Cl2NO4/c1-10-7-14(11(2)24-10)17(22)23-9-16(21)20-6-5-12-3-4-13(18)8-15(12)19/h3-4,7-8H,5-6,9H2,1-2H3,(H,20,21). The summed E-state index contributed by atoms with van der Waals surface area (Å²) in [5, 5.41) is 3.78. The number of nitrogens with one attached hydrogen (secondary N) is 1. The topological polar surface area (TPSA) is 68.5 Å². The van der Waals surface area contributed by atoms with E-state index in [2.05, 4.69) is 5.32 Å². The van der Waals surface area contributed by atoms with Gasteiger partial charge < -0.3 is 14.5 Å². The quantitative estimate of drug-likeness (QED) is 0.787. The number of esters is 1. The van der Waals surface area contributed by atoms with Crippen molar-refractivity contribution in [2.75, 3.05) is 13.2 Å². The van der Waals surface area contributed by atoms with Crippen LogP contribution in [0.25, 0.3) is 0 Å². The van der Waals surface area contributed by atoms with Gasteiger partial charge in [-0.1, -0.05) is 29.3 Å². The maximum atomic E-state index is 11.9. The maximum absolute atomic E-state index is 11.9. The number of aryl methyl sites for hydroxylation is 2. The maximum Gasteiger partial charge on any atom is 0.342 e. The molecule has 128 valence electrons. The van der Waals surface area contributed by atoms with Crippen molar-refractivity contribution in [1.29, 1.82) is 0 Å². The van der Waals surface area contributed by atoms with Crippen LogP contribution in [0.4, 0.5) is 0 Å². The molecule has 0 saturated heterocycles. The minimum absolute atomic E-state index is 0.327. The van der Waals surface area contributed by atoms with Crippen molar-refractivity contribution >= 4 is 35.1 Å². The molecule has 0 spiro atoms. The van der Waals surface area contributed by atoms with E-state index in [1.807, 2.05) is 0 Å². The van der Waals surface area contributed by atoms with Crippen LogP contribution in [0, 0.1) is 13.8 Å². The second kappa shape index (κ2) is 8.22. The van der Waals surface area contributed by atoms with Crippen LogP contribution in [0.2, 0.25) is 10.0 Å². The molecule has 2 rings (SSSR count). The highest BCUT2D eigenvalue weighted by Gasteiger charge is 2.16. The second-order valence-corrected chi connectivity index (χ2v) is 6.08. The molecule has 0 aliphatic heterocycles. The Morgan fingerprint density at radius 1 is 1.21 bits per heavy atom. The average molecular weight is 370 g/mol. The Hall–Kier alpha value is -1.98. The number of hydrogen-bond acceptors (Lipinski definition) is 4. The first-order chi connectivity index (χ1) is 11.4. The monoisotopic (exact) mass is 369 g/mol. The Morgan fingerprint density at radius 2 is 1.96 bits per heavy atom. The summed E-state index contributed by atoms with van der Waals surface area (Å²) in [6.07, 6.45) is 0.551. The third kappa shape index (κ3) is 5.01. The molecule has 0 atom stereocenters. The second-order valence-electron chi connectivity index (χ2n) is 5.24. The predicted molar refractivity (Wildman–Crippen MR) is 91.6 cm³/mol. The number of furan rings is 1. The smallest absolute Gasteiger partial charge is 0.342 e. The fraction of sp³-hybridized carbons (Fsp3) is 0.294. The first kappa shape index (κ1) is 18.4. The summed E-state index contributed by atoms with van der Waals surface area (Å²) in [5.74, 6) is 0.116. The lowest BCUT2D eigenvalue weighted by molar-refractivity contribution is -0.124. The molecule has 1 amide bonds. The van der Waals surface area contributed by atoms with Crippen molar-refractivity contribution < 1.29 is 18.7 Å². The van der Waals surface area contributed by atoms with Crippen molar-refractivity contribution in [1.82, 2.24) is 5.32 Å². The van der Waals surface area contributed by atoms with E-state index in [1.165, 1.54) is 0 Å². The van der Waals surface area contributed by atoms with Crippen LogP contribution >= 0.6 is 23.2 Å². The molecule has 0 aliphatic carbocycles.